The molecule has 1 saturated heterocycles. The van der Waals surface area contributed by atoms with Crippen LogP contribution in [0.3, 0.4) is 0 Å². The first-order valence-electron chi connectivity index (χ1n) is 12.5. The highest BCUT2D eigenvalue weighted by Crippen LogP contribution is 2.38. The molecule has 1 aromatic carbocycles. The maximum Gasteiger partial charge on any atom is 0.256 e. The number of amides is 1. The van der Waals surface area contributed by atoms with Crippen molar-refractivity contribution in [2.75, 3.05) is 17.5 Å². The summed E-state index contributed by atoms with van der Waals surface area (Å²) in [5, 5.41) is 5.23. The van der Waals surface area contributed by atoms with Crippen LogP contribution in [0.25, 0.3) is 5.65 Å². The maximum absolute atomic E-state index is 13.8. The number of likely N-dealkylation sites (tertiary alicyclic amines) is 1. The van der Waals surface area contributed by atoms with E-state index in [4.69, 9.17) is 21.7 Å². The van der Waals surface area contributed by atoms with Crippen LogP contribution in [-0.2, 0) is 10.0 Å². The number of nitrogens with one attached hydrogen (secondary N) is 1. The Morgan fingerprint density at radius 2 is 1.92 bits per heavy atom. The molecule has 1 N–H and O–H groups in total. The summed E-state index contributed by atoms with van der Waals surface area (Å²) in [6, 6.07) is 8.53. The highest BCUT2D eigenvalue weighted by Gasteiger charge is 2.33. The van der Waals surface area contributed by atoms with E-state index in [2.05, 4.69) is 17.7 Å². The van der Waals surface area contributed by atoms with Crippen LogP contribution in [0, 0.1) is 12.8 Å². The number of carbonyl (C=O) groups is 1. The zero-order valence-electron chi connectivity index (χ0n) is 20.9. The fourth-order valence-electron chi connectivity index (χ4n) is 5.63. The van der Waals surface area contributed by atoms with Crippen molar-refractivity contribution in [3.63, 3.8) is 0 Å². The van der Waals surface area contributed by atoms with Crippen molar-refractivity contribution < 1.29 is 13.2 Å². The summed E-state index contributed by atoms with van der Waals surface area (Å²) in [6.45, 7) is 4.90. The van der Waals surface area contributed by atoms with Gasteiger partial charge < -0.3 is 4.90 Å². The molecule has 1 amide bonds. The van der Waals surface area contributed by atoms with Crippen LogP contribution >= 0.6 is 11.6 Å². The second kappa shape index (κ2) is 9.67. The van der Waals surface area contributed by atoms with E-state index in [1.165, 1.54) is 25.0 Å². The van der Waals surface area contributed by atoms with Gasteiger partial charge >= 0.3 is 0 Å². The molecule has 2 fully saturated rings. The van der Waals surface area contributed by atoms with Crippen molar-refractivity contribution in [3.05, 3.63) is 58.0 Å². The SMILES string of the molecule is Cc1cc(C2CC[C@@H](C)C2)nc2cc([C@@H]3CCCCN3C(=O)c3cc(Cl)ccc3NS(C)(=O)=O)nn12. The molecule has 0 bridgehead atoms. The maximum atomic E-state index is 13.8. The number of aryl methyl sites for hydroxylation is 1. The average Bonchev–Trinajstić information content (AvgIpc) is 3.45. The van der Waals surface area contributed by atoms with Gasteiger partial charge in [0, 0.05) is 34.9 Å². The molecule has 192 valence electrons. The number of hydrogen-bond acceptors (Lipinski definition) is 5. The third-order valence-electron chi connectivity index (χ3n) is 7.37. The van der Waals surface area contributed by atoms with Gasteiger partial charge in [-0.25, -0.2) is 17.9 Å². The molecule has 36 heavy (non-hydrogen) atoms. The number of anilines is 1. The normalized spacial score (nSPS) is 22.8. The lowest BCUT2D eigenvalue weighted by Crippen LogP contribution is -2.39. The molecule has 2 aliphatic rings. The van der Waals surface area contributed by atoms with Crippen LogP contribution < -0.4 is 4.72 Å². The Labute approximate surface area is 217 Å². The molecule has 3 aromatic rings. The number of hydrogen-bond donors (Lipinski definition) is 1. The van der Waals surface area contributed by atoms with Gasteiger partial charge in [-0.1, -0.05) is 24.9 Å². The summed E-state index contributed by atoms with van der Waals surface area (Å²) in [4.78, 5) is 20.5. The molecular formula is C26H32ClN5O3S. The molecule has 8 nitrogen and oxygen atoms in total. The Hall–Kier alpha value is -2.65. The number of carbonyl (C=O) groups excluding carboxylic acids is 1. The van der Waals surface area contributed by atoms with Gasteiger partial charge in [-0.05, 0) is 69.2 Å². The van der Waals surface area contributed by atoms with Crippen molar-refractivity contribution in [1.29, 1.82) is 0 Å². The number of piperidine rings is 1. The van der Waals surface area contributed by atoms with Gasteiger partial charge in [-0.3, -0.25) is 9.52 Å². The second-order valence-electron chi connectivity index (χ2n) is 10.4. The van der Waals surface area contributed by atoms with Gasteiger partial charge in [0.2, 0.25) is 10.0 Å². The smallest absolute Gasteiger partial charge is 0.256 e. The van der Waals surface area contributed by atoms with E-state index in [0.717, 1.165) is 60.6 Å². The van der Waals surface area contributed by atoms with Gasteiger partial charge in [-0.2, -0.15) is 5.10 Å². The highest BCUT2D eigenvalue weighted by atomic mass is 35.5. The van der Waals surface area contributed by atoms with E-state index in [-0.39, 0.29) is 23.2 Å². The lowest BCUT2D eigenvalue weighted by Gasteiger charge is -2.35. The summed E-state index contributed by atoms with van der Waals surface area (Å²) < 4.78 is 28.1. The minimum atomic E-state index is -3.57. The molecule has 0 spiro atoms. The Bertz CT molecular complexity index is 1420. The van der Waals surface area contributed by atoms with Gasteiger partial charge in [0.1, 0.15) is 0 Å². The largest absolute Gasteiger partial charge is 0.330 e. The molecule has 1 saturated carbocycles. The van der Waals surface area contributed by atoms with Crippen LogP contribution in [0.5, 0.6) is 0 Å². The zero-order valence-corrected chi connectivity index (χ0v) is 22.4. The van der Waals surface area contributed by atoms with Crippen LogP contribution in [-0.4, -0.2) is 46.6 Å². The molecule has 0 radical (unpaired) electrons. The van der Waals surface area contributed by atoms with Gasteiger partial charge in [-0.15, -0.1) is 0 Å². The van der Waals surface area contributed by atoms with Crippen LogP contribution in [0.1, 0.15) is 84.8 Å². The predicted octanol–water partition coefficient (Wildman–Crippen LogP) is 5.33. The molecule has 3 heterocycles. The Balaban J connectivity index is 1.49. The fraction of sp³-hybridized carbons (Fsp3) is 0.500. The van der Waals surface area contributed by atoms with Crippen molar-refractivity contribution >= 4 is 38.9 Å². The number of fused-ring (bicyclic) bond motifs is 1. The molecule has 2 aromatic heterocycles. The van der Waals surface area contributed by atoms with E-state index in [1.807, 2.05) is 17.5 Å². The Kier molecular flexibility index (Phi) is 6.72. The summed E-state index contributed by atoms with van der Waals surface area (Å²) in [5.41, 5.74) is 4.22. The highest BCUT2D eigenvalue weighted by molar-refractivity contribution is 7.92. The monoisotopic (exact) mass is 529 g/mol. The second-order valence-corrected chi connectivity index (χ2v) is 12.5. The van der Waals surface area contributed by atoms with Gasteiger partial charge in [0.05, 0.1) is 29.2 Å². The predicted molar refractivity (Wildman–Crippen MR) is 141 cm³/mol. The Morgan fingerprint density at radius 1 is 1.11 bits per heavy atom. The minimum Gasteiger partial charge on any atom is -0.330 e. The minimum absolute atomic E-state index is 0.221. The third-order valence-corrected chi connectivity index (χ3v) is 8.20. The number of rotatable bonds is 5. The zero-order chi connectivity index (χ0) is 25.6. The number of nitrogens with zero attached hydrogens (tertiary/aromatic N) is 4. The molecule has 1 aliphatic carbocycles. The molecular weight excluding hydrogens is 498 g/mol. The molecule has 3 atom stereocenters. The molecule has 1 aliphatic heterocycles. The van der Waals surface area contributed by atoms with Gasteiger partial charge in [0.15, 0.2) is 5.65 Å². The van der Waals surface area contributed by atoms with Crippen molar-refractivity contribution in [1.82, 2.24) is 19.5 Å². The van der Waals surface area contributed by atoms with Crippen LogP contribution in [0.15, 0.2) is 30.3 Å². The summed E-state index contributed by atoms with van der Waals surface area (Å²) in [5.74, 6) is 0.943. The summed E-state index contributed by atoms with van der Waals surface area (Å²) in [7, 11) is -3.57. The third kappa shape index (κ3) is 5.09. The van der Waals surface area contributed by atoms with Crippen LogP contribution in [0.2, 0.25) is 5.02 Å². The summed E-state index contributed by atoms with van der Waals surface area (Å²) >= 11 is 6.20. The number of halogens is 1. The van der Waals surface area contributed by atoms with E-state index in [0.29, 0.717) is 17.5 Å². The number of aromatic nitrogens is 3. The lowest BCUT2D eigenvalue weighted by molar-refractivity contribution is 0.0607. The van der Waals surface area contributed by atoms with Crippen molar-refractivity contribution in [3.8, 4) is 0 Å². The van der Waals surface area contributed by atoms with Crippen molar-refractivity contribution in [2.45, 2.75) is 64.3 Å². The van der Waals surface area contributed by atoms with E-state index < -0.39 is 10.0 Å². The average molecular weight is 530 g/mol. The van der Waals surface area contributed by atoms with E-state index >= 15 is 0 Å². The fourth-order valence-corrected chi connectivity index (χ4v) is 6.38. The van der Waals surface area contributed by atoms with E-state index in [9.17, 15) is 13.2 Å². The first-order valence-corrected chi connectivity index (χ1v) is 14.8. The van der Waals surface area contributed by atoms with Crippen molar-refractivity contribution in [2.24, 2.45) is 5.92 Å². The Morgan fingerprint density at radius 3 is 2.64 bits per heavy atom. The molecule has 5 rings (SSSR count). The first-order chi connectivity index (χ1) is 17.1. The molecule has 1 unspecified atom stereocenters. The van der Waals surface area contributed by atoms with Crippen LogP contribution in [0.4, 0.5) is 5.69 Å². The number of benzene rings is 1. The standard InChI is InChI=1S/C26H32ClN5O3S/c1-16-7-8-18(12-16)22-13-17(2)32-25(28-22)15-23(29-32)24-6-4-5-11-31(24)26(33)20-14-19(27)9-10-21(20)30-36(3,34)35/h9-10,13-16,18,24,30H,4-8,11-12H2,1-3H3/t16-,18?,24+/m1/s1. The quantitative estimate of drug-likeness (QED) is 0.481. The topological polar surface area (TPSA) is 96.7 Å². The summed E-state index contributed by atoms with van der Waals surface area (Å²) in [6.07, 6.45) is 7.25. The first kappa shape index (κ1) is 25.0. The molecule has 10 heteroatoms. The number of sulfonamides is 1. The van der Waals surface area contributed by atoms with Gasteiger partial charge in [0.25, 0.3) is 5.91 Å². The van der Waals surface area contributed by atoms with E-state index in [1.54, 1.807) is 11.0 Å². The lowest BCUT2D eigenvalue weighted by atomic mass is 9.98.